The lowest BCUT2D eigenvalue weighted by Gasteiger charge is -2.10. The summed E-state index contributed by atoms with van der Waals surface area (Å²) in [5.41, 5.74) is 2.71. The highest BCUT2D eigenvalue weighted by Crippen LogP contribution is 2.21. The average Bonchev–Trinajstić information content (AvgIpc) is 2.62. The van der Waals surface area contributed by atoms with Crippen LogP contribution in [0.25, 0.3) is 11.4 Å². The molecule has 0 fully saturated rings. The van der Waals surface area contributed by atoms with Crippen molar-refractivity contribution in [2.24, 2.45) is 0 Å². The number of aromatic carboxylic acids is 1. The summed E-state index contributed by atoms with van der Waals surface area (Å²) in [5, 5.41) is 12.4. The second-order valence-corrected chi connectivity index (χ2v) is 5.16. The van der Waals surface area contributed by atoms with Gasteiger partial charge in [0.2, 0.25) is 0 Å². The molecule has 0 aliphatic heterocycles. The quantitative estimate of drug-likeness (QED) is 0.719. The van der Waals surface area contributed by atoms with Gasteiger partial charge in [-0.2, -0.15) is 0 Å². The first-order chi connectivity index (χ1) is 11.7. The fourth-order valence-corrected chi connectivity index (χ4v) is 2.38. The normalized spacial score (nSPS) is 9.96. The molecule has 0 atom stereocenters. The molecule has 0 saturated heterocycles. The molecule has 2 N–H and O–H groups in total. The smallest absolute Gasteiger partial charge is 0.335 e. The molecular weight excluding hydrogens is 340 g/mol. The van der Waals surface area contributed by atoms with Crippen molar-refractivity contribution in [2.45, 2.75) is 13.3 Å². The van der Waals surface area contributed by atoms with Crippen LogP contribution in [0.3, 0.4) is 0 Å². The maximum absolute atomic E-state index is 11.2. The monoisotopic (exact) mass is 356 g/mol. The van der Waals surface area contributed by atoms with E-state index in [1.165, 1.54) is 0 Å². The van der Waals surface area contributed by atoms with Gasteiger partial charge in [-0.15, -0.1) is 12.4 Å². The van der Waals surface area contributed by atoms with Crippen LogP contribution in [0.2, 0.25) is 0 Å². The van der Waals surface area contributed by atoms with Crippen molar-refractivity contribution in [1.82, 2.24) is 15.0 Å². The highest BCUT2D eigenvalue weighted by Gasteiger charge is 2.10. The Morgan fingerprint density at radius 3 is 2.72 bits per heavy atom. The number of aromatic nitrogens is 3. The molecule has 0 amide bonds. The molecule has 6 nitrogen and oxygen atoms in total. The minimum atomic E-state index is -0.917. The van der Waals surface area contributed by atoms with E-state index in [4.69, 9.17) is 0 Å². The van der Waals surface area contributed by atoms with E-state index >= 15 is 0 Å². The van der Waals surface area contributed by atoms with E-state index in [9.17, 15) is 9.90 Å². The zero-order chi connectivity index (χ0) is 16.9. The maximum atomic E-state index is 11.2. The van der Waals surface area contributed by atoms with E-state index in [1.807, 2.05) is 25.1 Å². The van der Waals surface area contributed by atoms with Gasteiger partial charge in [0, 0.05) is 29.8 Å². The van der Waals surface area contributed by atoms with E-state index in [0.717, 1.165) is 16.8 Å². The van der Waals surface area contributed by atoms with Crippen molar-refractivity contribution < 1.29 is 9.90 Å². The number of hydrogen-bond donors (Lipinski definition) is 2. The number of nitrogens with zero attached hydrogens (tertiary/aromatic N) is 3. The summed E-state index contributed by atoms with van der Waals surface area (Å²) >= 11 is 0. The number of carboxylic acids is 1. The van der Waals surface area contributed by atoms with Crippen LogP contribution in [0.5, 0.6) is 0 Å². The molecule has 0 spiro atoms. The number of anilines is 2. The predicted molar refractivity (Wildman–Crippen MR) is 98.6 cm³/mol. The number of pyridine rings is 1. The first kappa shape index (κ1) is 18.4. The van der Waals surface area contributed by atoms with Gasteiger partial charge in [-0.05, 0) is 48.4 Å². The number of halogens is 1. The van der Waals surface area contributed by atoms with Crippen LogP contribution in [-0.2, 0) is 6.42 Å². The van der Waals surface area contributed by atoms with E-state index in [0.29, 0.717) is 23.6 Å². The van der Waals surface area contributed by atoms with Crippen LogP contribution in [0, 0.1) is 0 Å². The molecule has 0 unspecified atom stereocenters. The Kier molecular flexibility index (Phi) is 6.03. The SMILES string of the molecule is CCc1cc(Nc2ccnc(-c3cccnc3)n2)ccc1C(=O)O.Cl. The number of rotatable bonds is 5. The molecule has 128 valence electrons. The van der Waals surface area contributed by atoms with Crippen molar-refractivity contribution in [2.75, 3.05) is 5.32 Å². The minimum Gasteiger partial charge on any atom is -0.478 e. The molecule has 1 aromatic carbocycles. The van der Waals surface area contributed by atoms with E-state index in [-0.39, 0.29) is 12.4 Å². The third-order valence-electron chi connectivity index (χ3n) is 3.56. The van der Waals surface area contributed by atoms with Crippen molar-refractivity contribution in [3.63, 3.8) is 0 Å². The number of aryl methyl sites for hydroxylation is 1. The van der Waals surface area contributed by atoms with Crippen molar-refractivity contribution >= 4 is 29.9 Å². The highest BCUT2D eigenvalue weighted by molar-refractivity contribution is 5.90. The van der Waals surface area contributed by atoms with Crippen LogP contribution < -0.4 is 5.32 Å². The zero-order valence-corrected chi connectivity index (χ0v) is 14.3. The molecule has 0 bridgehead atoms. The summed E-state index contributed by atoms with van der Waals surface area (Å²) < 4.78 is 0. The van der Waals surface area contributed by atoms with Crippen molar-refractivity contribution in [1.29, 1.82) is 0 Å². The lowest BCUT2D eigenvalue weighted by Crippen LogP contribution is -2.03. The summed E-state index contributed by atoms with van der Waals surface area (Å²) in [6, 6.07) is 10.6. The summed E-state index contributed by atoms with van der Waals surface area (Å²) in [5.74, 6) is 0.291. The predicted octanol–water partition coefficient (Wildman–Crippen LogP) is 3.96. The topological polar surface area (TPSA) is 88.0 Å². The van der Waals surface area contributed by atoms with Gasteiger partial charge in [-0.25, -0.2) is 14.8 Å². The number of nitrogens with one attached hydrogen (secondary N) is 1. The second-order valence-electron chi connectivity index (χ2n) is 5.16. The van der Waals surface area contributed by atoms with E-state index < -0.39 is 5.97 Å². The van der Waals surface area contributed by atoms with Crippen LogP contribution in [0.1, 0.15) is 22.8 Å². The Morgan fingerprint density at radius 2 is 2.04 bits per heavy atom. The Bertz CT molecular complexity index is 872. The average molecular weight is 357 g/mol. The van der Waals surface area contributed by atoms with Gasteiger partial charge in [0.25, 0.3) is 0 Å². The largest absolute Gasteiger partial charge is 0.478 e. The summed E-state index contributed by atoms with van der Waals surface area (Å²) in [7, 11) is 0. The number of carboxylic acid groups (broad SMARTS) is 1. The second kappa shape index (κ2) is 8.21. The Labute approximate surface area is 151 Å². The van der Waals surface area contributed by atoms with Crippen LogP contribution in [-0.4, -0.2) is 26.0 Å². The number of hydrogen-bond acceptors (Lipinski definition) is 5. The van der Waals surface area contributed by atoms with Gasteiger partial charge in [0.1, 0.15) is 5.82 Å². The first-order valence-corrected chi connectivity index (χ1v) is 7.54. The highest BCUT2D eigenvalue weighted by atomic mass is 35.5. The van der Waals surface area contributed by atoms with Crippen molar-refractivity contribution in [3.05, 3.63) is 66.1 Å². The minimum absolute atomic E-state index is 0. The first-order valence-electron chi connectivity index (χ1n) is 7.54. The summed E-state index contributed by atoms with van der Waals surface area (Å²) in [6.07, 6.45) is 5.71. The Balaban J connectivity index is 0.00000225. The van der Waals surface area contributed by atoms with Crippen LogP contribution >= 0.6 is 12.4 Å². The molecule has 0 saturated carbocycles. The Hall–Kier alpha value is -2.99. The number of benzene rings is 1. The molecule has 2 heterocycles. The maximum Gasteiger partial charge on any atom is 0.335 e. The standard InChI is InChI=1S/C18H16N4O2.ClH/c1-2-12-10-14(5-6-15(12)18(23)24)21-16-7-9-20-17(22-16)13-4-3-8-19-11-13;/h3-11H,2H2,1H3,(H,23,24)(H,20,21,22);1H. The summed E-state index contributed by atoms with van der Waals surface area (Å²) in [4.78, 5) is 24.0. The Morgan fingerprint density at radius 1 is 1.20 bits per heavy atom. The number of carbonyl (C=O) groups is 1. The third kappa shape index (κ3) is 4.30. The molecular formula is C18H17ClN4O2. The lowest BCUT2D eigenvalue weighted by atomic mass is 10.0. The molecule has 3 aromatic rings. The molecule has 7 heteroatoms. The molecule has 25 heavy (non-hydrogen) atoms. The summed E-state index contributed by atoms with van der Waals surface area (Å²) in [6.45, 7) is 1.93. The molecule has 2 aromatic heterocycles. The fourth-order valence-electron chi connectivity index (χ4n) is 2.38. The van der Waals surface area contributed by atoms with Gasteiger partial charge in [-0.3, -0.25) is 4.98 Å². The van der Waals surface area contributed by atoms with Gasteiger partial charge < -0.3 is 10.4 Å². The van der Waals surface area contributed by atoms with E-state index in [2.05, 4.69) is 20.3 Å². The van der Waals surface area contributed by atoms with Gasteiger partial charge in [0.05, 0.1) is 5.56 Å². The molecule has 0 radical (unpaired) electrons. The molecule has 3 rings (SSSR count). The van der Waals surface area contributed by atoms with Gasteiger partial charge >= 0.3 is 5.97 Å². The molecule has 0 aliphatic rings. The fraction of sp³-hybridized carbons (Fsp3) is 0.111. The van der Waals surface area contributed by atoms with E-state index in [1.54, 1.807) is 36.8 Å². The van der Waals surface area contributed by atoms with Gasteiger partial charge in [0.15, 0.2) is 5.82 Å². The van der Waals surface area contributed by atoms with Crippen LogP contribution in [0.15, 0.2) is 55.0 Å². The van der Waals surface area contributed by atoms with Crippen LogP contribution in [0.4, 0.5) is 11.5 Å². The van der Waals surface area contributed by atoms with Gasteiger partial charge in [-0.1, -0.05) is 6.92 Å². The third-order valence-corrected chi connectivity index (χ3v) is 3.56. The van der Waals surface area contributed by atoms with Crippen molar-refractivity contribution in [3.8, 4) is 11.4 Å². The zero-order valence-electron chi connectivity index (χ0n) is 13.5. The lowest BCUT2D eigenvalue weighted by molar-refractivity contribution is 0.0696. The molecule has 0 aliphatic carbocycles.